The normalized spacial score (nSPS) is 39.6. The van der Waals surface area contributed by atoms with Gasteiger partial charge in [0.1, 0.15) is 0 Å². The first-order valence-corrected chi connectivity index (χ1v) is 4.20. The first kappa shape index (κ1) is 8.06. The van der Waals surface area contributed by atoms with E-state index in [1.54, 1.807) is 0 Å². The summed E-state index contributed by atoms with van der Waals surface area (Å²) in [4.78, 5) is 0. The predicted octanol–water partition coefficient (Wildman–Crippen LogP) is 2.19. The Hall–Kier alpha value is -0.0400. The van der Waals surface area contributed by atoms with E-state index in [-0.39, 0.29) is 11.5 Å². The molecule has 0 bridgehead atoms. The fraction of sp³-hybridized carbons (Fsp3) is 1.00. The molecule has 0 aliphatic heterocycles. The van der Waals surface area contributed by atoms with Crippen LogP contribution in [0.2, 0.25) is 0 Å². The molecule has 1 nitrogen and oxygen atoms in total. The number of aliphatic hydroxyl groups is 1. The van der Waals surface area contributed by atoms with E-state index in [1.807, 2.05) is 0 Å². The van der Waals surface area contributed by atoms with E-state index in [0.717, 1.165) is 12.3 Å². The van der Waals surface area contributed by atoms with E-state index in [2.05, 4.69) is 20.8 Å². The van der Waals surface area contributed by atoms with Gasteiger partial charge < -0.3 is 5.11 Å². The third kappa shape index (κ3) is 1.51. The highest BCUT2D eigenvalue weighted by Gasteiger charge is 2.33. The summed E-state index contributed by atoms with van der Waals surface area (Å²) < 4.78 is 0. The Morgan fingerprint density at radius 2 is 2.00 bits per heavy atom. The summed E-state index contributed by atoms with van der Waals surface area (Å²) in [6, 6.07) is 0. The Morgan fingerprint density at radius 3 is 2.40 bits per heavy atom. The topological polar surface area (TPSA) is 20.2 Å². The third-order valence-corrected chi connectivity index (χ3v) is 2.81. The number of aliphatic hydroxyl groups excluding tert-OH is 1. The maximum absolute atomic E-state index is 9.61. The smallest absolute Gasteiger partial charge is 0.0593 e. The minimum absolute atomic E-state index is 0.0729. The van der Waals surface area contributed by atoms with Gasteiger partial charge in [-0.2, -0.15) is 0 Å². The largest absolute Gasteiger partial charge is 0.393 e. The van der Waals surface area contributed by atoms with Gasteiger partial charge in [-0.3, -0.25) is 0 Å². The zero-order valence-electron chi connectivity index (χ0n) is 7.22. The molecule has 0 aromatic carbocycles. The summed E-state index contributed by atoms with van der Waals surface area (Å²) in [5.74, 6) is 0.725. The van der Waals surface area contributed by atoms with Crippen molar-refractivity contribution in [1.82, 2.24) is 0 Å². The molecular formula is C9H18O. The first-order chi connectivity index (χ1) is 4.52. The molecule has 2 atom stereocenters. The van der Waals surface area contributed by atoms with Crippen molar-refractivity contribution in [2.45, 2.75) is 46.1 Å². The van der Waals surface area contributed by atoms with Crippen LogP contribution < -0.4 is 0 Å². The summed E-state index contributed by atoms with van der Waals surface area (Å²) in [6.07, 6.45) is 3.38. The molecule has 10 heavy (non-hydrogen) atoms. The molecule has 1 saturated carbocycles. The van der Waals surface area contributed by atoms with Crippen LogP contribution in [0.1, 0.15) is 40.0 Å². The Bertz CT molecular complexity index is 118. The van der Waals surface area contributed by atoms with Gasteiger partial charge in [0.25, 0.3) is 0 Å². The van der Waals surface area contributed by atoms with Gasteiger partial charge in [0.05, 0.1) is 6.10 Å². The second kappa shape index (κ2) is 2.54. The lowest BCUT2D eigenvalue weighted by molar-refractivity contribution is -0.00465. The lowest BCUT2D eigenvalue weighted by Crippen LogP contribution is -2.35. The molecule has 2 unspecified atom stereocenters. The Balaban J connectivity index is 2.52. The Labute approximate surface area is 63.4 Å². The molecule has 0 radical (unpaired) electrons. The first-order valence-electron chi connectivity index (χ1n) is 4.20. The second-order valence-electron chi connectivity index (χ2n) is 4.38. The van der Waals surface area contributed by atoms with Crippen molar-refractivity contribution in [2.75, 3.05) is 0 Å². The molecular weight excluding hydrogens is 124 g/mol. The highest BCUT2D eigenvalue weighted by Crippen LogP contribution is 2.37. The summed E-state index contributed by atoms with van der Waals surface area (Å²) in [7, 11) is 0. The van der Waals surface area contributed by atoms with E-state index in [0.29, 0.717) is 0 Å². The molecule has 1 heteroatoms. The van der Waals surface area contributed by atoms with Crippen molar-refractivity contribution in [3.63, 3.8) is 0 Å². The molecule has 0 spiro atoms. The molecule has 0 heterocycles. The second-order valence-corrected chi connectivity index (χ2v) is 4.38. The molecule has 0 amide bonds. The van der Waals surface area contributed by atoms with Crippen LogP contribution in [0.3, 0.4) is 0 Å². The van der Waals surface area contributed by atoms with E-state index in [4.69, 9.17) is 0 Å². The van der Waals surface area contributed by atoms with Gasteiger partial charge in [0, 0.05) is 0 Å². The number of rotatable bonds is 0. The van der Waals surface area contributed by atoms with E-state index >= 15 is 0 Å². The monoisotopic (exact) mass is 142 g/mol. The summed E-state index contributed by atoms with van der Waals surface area (Å²) >= 11 is 0. The number of hydrogen-bond acceptors (Lipinski definition) is 1. The summed E-state index contributed by atoms with van der Waals surface area (Å²) in [5.41, 5.74) is 0.173. The minimum Gasteiger partial charge on any atom is -0.393 e. The zero-order chi connectivity index (χ0) is 7.78. The Morgan fingerprint density at radius 1 is 1.40 bits per heavy atom. The maximum atomic E-state index is 9.61. The van der Waals surface area contributed by atoms with Crippen molar-refractivity contribution >= 4 is 0 Å². The van der Waals surface area contributed by atoms with Crippen LogP contribution in [0.15, 0.2) is 0 Å². The third-order valence-electron chi connectivity index (χ3n) is 2.81. The molecule has 1 aliphatic carbocycles. The summed E-state index contributed by atoms with van der Waals surface area (Å²) in [6.45, 7) is 6.53. The average molecular weight is 142 g/mol. The van der Waals surface area contributed by atoms with E-state index < -0.39 is 0 Å². The highest BCUT2D eigenvalue weighted by atomic mass is 16.3. The van der Waals surface area contributed by atoms with Gasteiger partial charge in [-0.1, -0.05) is 27.2 Å². The van der Waals surface area contributed by atoms with Crippen LogP contribution in [0.25, 0.3) is 0 Å². The molecule has 1 fully saturated rings. The van der Waals surface area contributed by atoms with Crippen LogP contribution in [-0.4, -0.2) is 11.2 Å². The van der Waals surface area contributed by atoms with Crippen molar-refractivity contribution in [3.05, 3.63) is 0 Å². The SMILES string of the molecule is CC1CCC(C)(C)C(O)C1. The van der Waals surface area contributed by atoms with Gasteiger partial charge in [-0.15, -0.1) is 0 Å². The quantitative estimate of drug-likeness (QED) is 0.549. The van der Waals surface area contributed by atoms with Gasteiger partial charge in [0.15, 0.2) is 0 Å². The van der Waals surface area contributed by atoms with Gasteiger partial charge in [-0.05, 0) is 24.2 Å². The fourth-order valence-electron chi connectivity index (χ4n) is 1.60. The van der Waals surface area contributed by atoms with Gasteiger partial charge in [-0.25, -0.2) is 0 Å². The molecule has 1 aliphatic rings. The van der Waals surface area contributed by atoms with E-state index in [9.17, 15) is 5.11 Å². The Kier molecular flexibility index (Phi) is 2.04. The van der Waals surface area contributed by atoms with Crippen LogP contribution in [-0.2, 0) is 0 Å². The average Bonchev–Trinajstić information content (AvgIpc) is 1.81. The maximum Gasteiger partial charge on any atom is 0.0593 e. The lowest BCUT2D eigenvalue weighted by Gasteiger charge is -2.37. The van der Waals surface area contributed by atoms with Crippen molar-refractivity contribution < 1.29 is 5.11 Å². The van der Waals surface area contributed by atoms with Gasteiger partial charge in [0.2, 0.25) is 0 Å². The van der Waals surface area contributed by atoms with Crippen LogP contribution in [0.4, 0.5) is 0 Å². The van der Waals surface area contributed by atoms with Crippen molar-refractivity contribution in [2.24, 2.45) is 11.3 Å². The van der Waals surface area contributed by atoms with Crippen LogP contribution >= 0.6 is 0 Å². The standard InChI is InChI=1S/C9H18O/c1-7-4-5-9(2,3)8(10)6-7/h7-8,10H,4-6H2,1-3H3. The summed E-state index contributed by atoms with van der Waals surface area (Å²) in [5, 5.41) is 9.61. The minimum atomic E-state index is -0.0729. The zero-order valence-corrected chi connectivity index (χ0v) is 7.22. The van der Waals surface area contributed by atoms with Crippen molar-refractivity contribution in [1.29, 1.82) is 0 Å². The molecule has 1 N–H and O–H groups in total. The van der Waals surface area contributed by atoms with Gasteiger partial charge >= 0.3 is 0 Å². The molecule has 0 aromatic rings. The lowest BCUT2D eigenvalue weighted by atomic mass is 9.71. The van der Waals surface area contributed by atoms with Crippen LogP contribution in [0.5, 0.6) is 0 Å². The van der Waals surface area contributed by atoms with Crippen LogP contribution in [0, 0.1) is 11.3 Å². The molecule has 1 rings (SSSR count). The van der Waals surface area contributed by atoms with E-state index in [1.165, 1.54) is 12.8 Å². The van der Waals surface area contributed by atoms with Crippen molar-refractivity contribution in [3.8, 4) is 0 Å². The predicted molar refractivity (Wildman–Crippen MR) is 42.8 cm³/mol. The molecule has 60 valence electrons. The fourth-order valence-corrected chi connectivity index (χ4v) is 1.60. The highest BCUT2D eigenvalue weighted by molar-refractivity contribution is 4.84. The molecule has 0 aromatic heterocycles. The molecule has 0 saturated heterocycles. The number of hydrogen-bond donors (Lipinski definition) is 1.